The van der Waals surface area contributed by atoms with Crippen molar-refractivity contribution in [3.63, 3.8) is 0 Å². The number of hydrogen-bond acceptors (Lipinski definition) is 5. The fourth-order valence-corrected chi connectivity index (χ4v) is 1.94. The van der Waals surface area contributed by atoms with Crippen LogP contribution in [0.3, 0.4) is 0 Å². The molecule has 0 spiro atoms. The van der Waals surface area contributed by atoms with Crippen molar-refractivity contribution < 1.29 is 4.79 Å². The van der Waals surface area contributed by atoms with Crippen LogP contribution in [0.1, 0.15) is 18.1 Å². The minimum absolute atomic E-state index is 0.153. The number of hydrogen-bond donors (Lipinski definition) is 1. The zero-order valence-electron chi connectivity index (χ0n) is 11.9. The fraction of sp³-hybridized carbons (Fsp3) is 0.357. The maximum Gasteiger partial charge on any atom is 0.177 e. The first-order valence-corrected chi connectivity index (χ1v) is 6.36. The predicted molar refractivity (Wildman–Crippen MR) is 77.7 cm³/mol. The molecule has 1 fully saturated rings. The summed E-state index contributed by atoms with van der Waals surface area (Å²) in [7, 11) is 0. The molecule has 0 unspecified atom stereocenters. The molecule has 106 valence electrons. The van der Waals surface area contributed by atoms with E-state index >= 15 is 0 Å². The van der Waals surface area contributed by atoms with E-state index in [0.717, 1.165) is 22.5 Å². The Bertz CT molecular complexity index is 595. The molecular formula is C14H18N4O2. The molecule has 0 atom stereocenters. The maximum atomic E-state index is 11.2. The Balaban J connectivity index is 2.12. The van der Waals surface area contributed by atoms with Gasteiger partial charge in [-0.1, -0.05) is 6.07 Å². The molecule has 2 N–H and O–H groups in total. The molecule has 1 aliphatic rings. The SMILES string of the molecule is CC(=O)/C(N)=C1\CN1CN(N=O)c1ccc(C)c(C)c1. The van der Waals surface area contributed by atoms with E-state index in [1.54, 1.807) is 0 Å². The third-order valence-electron chi connectivity index (χ3n) is 3.50. The van der Waals surface area contributed by atoms with E-state index in [1.165, 1.54) is 11.9 Å². The van der Waals surface area contributed by atoms with Crippen LogP contribution in [0.15, 0.2) is 34.9 Å². The van der Waals surface area contributed by atoms with Crippen LogP contribution >= 0.6 is 0 Å². The van der Waals surface area contributed by atoms with Crippen LogP contribution in [0.5, 0.6) is 0 Å². The van der Waals surface area contributed by atoms with Crippen molar-refractivity contribution in [3.05, 3.63) is 45.6 Å². The standard InChI is InChI=1S/C14H18N4O2/c1-9-4-5-12(6-10(9)2)18(16-20)8-17-7-13(17)14(15)11(3)19/h4-6H,7-8,15H2,1-3H3/b14-13-. The molecule has 20 heavy (non-hydrogen) atoms. The highest BCUT2D eigenvalue weighted by Gasteiger charge is 2.31. The molecule has 1 aromatic carbocycles. The van der Waals surface area contributed by atoms with Crippen molar-refractivity contribution in [3.8, 4) is 0 Å². The number of Topliss-reactive ketones (excluding diaryl/α,β-unsaturated/α-hetero) is 1. The summed E-state index contributed by atoms with van der Waals surface area (Å²) in [6, 6.07) is 5.72. The maximum absolute atomic E-state index is 11.2. The van der Waals surface area contributed by atoms with Crippen LogP contribution in [-0.4, -0.2) is 23.9 Å². The van der Waals surface area contributed by atoms with Gasteiger partial charge in [0.15, 0.2) is 5.78 Å². The van der Waals surface area contributed by atoms with Gasteiger partial charge in [-0.15, -0.1) is 4.91 Å². The zero-order valence-corrected chi connectivity index (χ0v) is 11.9. The van der Waals surface area contributed by atoms with Crippen LogP contribution in [0.2, 0.25) is 0 Å². The van der Waals surface area contributed by atoms with Crippen LogP contribution in [0, 0.1) is 18.8 Å². The van der Waals surface area contributed by atoms with E-state index in [4.69, 9.17) is 5.73 Å². The second-order valence-electron chi connectivity index (χ2n) is 5.01. The van der Waals surface area contributed by atoms with Gasteiger partial charge >= 0.3 is 0 Å². The number of rotatable bonds is 5. The van der Waals surface area contributed by atoms with E-state index in [0.29, 0.717) is 13.2 Å². The summed E-state index contributed by atoms with van der Waals surface area (Å²) in [6.07, 6.45) is 0. The van der Waals surface area contributed by atoms with Gasteiger partial charge in [-0.2, -0.15) is 0 Å². The van der Waals surface area contributed by atoms with Crippen molar-refractivity contribution in [2.75, 3.05) is 18.2 Å². The molecule has 0 saturated carbocycles. The minimum atomic E-state index is -0.153. The highest BCUT2D eigenvalue weighted by molar-refractivity contribution is 5.93. The number of carbonyl (C=O) groups excluding carboxylic acids is 1. The first-order valence-electron chi connectivity index (χ1n) is 6.36. The molecule has 1 heterocycles. The number of carbonyl (C=O) groups is 1. The van der Waals surface area contributed by atoms with Gasteiger partial charge in [0.25, 0.3) is 0 Å². The number of nitrogens with zero attached hydrogens (tertiary/aromatic N) is 3. The van der Waals surface area contributed by atoms with Crippen LogP contribution in [0.4, 0.5) is 5.69 Å². The molecule has 0 amide bonds. The van der Waals surface area contributed by atoms with Crippen LogP contribution < -0.4 is 10.7 Å². The highest BCUT2D eigenvalue weighted by atomic mass is 16.3. The Morgan fingerprint density at radius 3 is 2.65 bits per heavy atom. The topological polar surface area (TPSA) is 78.8 Å². The van der Waals surface area contributed by atoms with Crippen molar-refractivity contribution >= 4 is 11.5 Å². The molecule has 0 bridgehead atoms. The Labute approximate surface area is 117 Å². The number of aryl methyl sites for hydroxylation is 2. The summed E-state index contributed by atoms with van der Waals surface area (Å²) in [4.78, 5) is 24.0. The Morgan fingerprint density at radius 1 is 1.40 bits per heavy atom. The van der Waals surface area contributed by atoms with Crippen LogP contribution in [0.25, 0.3) is 0 Å². The van der Waals surface area contributed by atoms with Crippen molar-refractivity contribution in [2.45, 2.75) is 20.8 Å². The molecule has 0 aromatic heterocycles. The number of allylic oxidation sites excluding steroid dienone is 1. The monoisotopic (exact) mass is 274 g/mol. The lowest BCUT2D eigenvalue weighted by molar-refractivity contribution is -0.113. The van der Waals surface area contributed by atoms with Gasteiger partial charge in [-0.3, -0.25) is 4.79 Å². The summed E-state index contributed by atoms with van der Waals surface area (Å²) in [5.41, 5.74) is 9.70. The van der Waals surface area contributed by atoms with E-state index in [1.807, 2.05) is 36.9 Å². The smallest absolute Gasteiger partial charge is 0.177 e. The van der Waals surface area contributed by atoms with Gasteiger partial charge in [0.05, 0.1) is 28.9 Å². The average molecular weight is 274 g/mol. The van der Waals surface area contributed by atoms with E-state index in [-0.39, 0.29) is 11.5 Å². The normalized spacial score (nSPS) is 15.8. The third kappa shape index (κ3) is 2.79. The van der Waals surface area contributed by atoms with Gasteiger partial charge in [-0.05, 0) is 37.1 Å². The predicted octanol–water partition coefficient (Wildman–Crippen LogP) is 1.82. The van der Waals surface area contributed by atoms with Gasteiger partial charge in [0.2, 0.25) is 0 Å². The molecule has 1 aromatic rings. The summed E-state index contributed by atoms with van der Waals surface area (Å²) in [6.45, 7) is 6.32. The first-order chi connectivity index (χ1) is 9.43. The van der Waals surface area contributed by atoms with E-state index < -0.39 is 0 Å². The Hall–Kier alpha value is -2.37. The number of ketones is 1. The van der Waals surface area contributed by atoms with Crippen molar-refractivity contribution in [1.82, 2.24) is 4.90 Å². The van der Waals surface area contributed by atoms with E-state index in [2.05, 4.69) is 5.29 Å². The second-order valence-corrected chi connectivity index (χ2v) is 5.01. The number of nitroso groups, excluding NO2 is 1. The lowest BCUT2D eigenvalue weighted by Gasteiger charge is -2.17. The quantitative estimate of drug-likeness (QED) is 0.383. The molecule has 0 radical (unpaired) electrons. The van der Waals surface area contributed by atoms with Gasteiger partial charge in [0.1, 0.15) is 6.67 Å². The molecule has 6 heteroatoms. The molecule has 2 rings (SSSR count). The summed E-state index contributed by atoms with van der Waals surface area (Å²) in [5, 5.41) is 4.40. The minimum Gasteiger partial charge on any atom is -0.394 e. The largest absolute Gasteiger partial charge is 0.394 e. The summed E-state index contributed by atoms with van der Waals surface area (Å²) < 4.78 is 0. The average Bonchev–Trinajstić information content (AvgIpc) is 3.17. The molecule has 1 aliphatic heterocycles. The Kier molecular flexibility index (Phi) is 3.74. The highest BCUT2D eigenvalue weighted by Crippen LogP contribution is 2.27. The summed E-state index contributed by atoms with van der Waals surface area (Å²) in [5.74, 6) is -0.153. The van der Waals surface area contributed by atoms with Crippen molar-refractivity contribution in [2.24, 2.45) is 11.0 Å². The van der Waals surface area contributed by atoms with Gasteiger partial charge in [0, 0.05) is 6.92 Å². The number of nitrogens with two attached hydrogens (primary N) is 1. The van der Waals surface area contributed by atoms with Gasteiger partial charge in [-0.25, -0.2) is 5.01 Å². The Morgan fingerprint density at radius 2 is 2.10 bits per heavy atom. The molecule has 1 saturated heterocycles. The fourth-order valence-electron chi connectivity index (χ4n) is 1.94. The number of benzene rings is 1. The number of anilines is 1. The lowest BCUT2D eigenvalue weighted by Crippen LogP contribution is -2.23. The molecular weight excluding hydrogens is 256 g/mol. The molecule has 6 nitrogen and oxygen atoms in total. The summed E-state index contributed by atoms with van der Waals surface area (Å²) >= 11 is 0. The third-order valence-corrected chi connectivity index (χ3v) is 3.50. The van der Waals surface area contributed by atoms with Crippen molar-refractivity contribution in [1.29, 1.82) is 0 Å². The first kappa shape index (κ1) is 14.0. The lowest BCUT2D eigenvalue weighted by atomic mass is 10.1. The molecule has 0 aliphatic carbocycles. The van der Waals surface area contributed by atoms with Gasteiger partial charge < -0.3 is 10.6 Å². The van der Waals surface area contributed by atoms with E-state index in [9.17, 15) is 9.70 Å². The van der Waals surface area contributed by atoms with Crippen LogP contribution in [-0.2, 0) is 4.79 Å². The zero-order chi connectivity index (χ0) is 14.9. The second kappa shape index (κ2) is 5.32.